The molecule has 3 aliphatic rings. The summed E-state index contributed by atoms with van der Waals surface area (Å²) in [6.45, 7) is 0. The number of halogens is 5. The molecule has 10 heteroatoms. The summed E-state index contributed by atoms with van der Waals surface area (Å²) < 4.78 is 42.3. The van der Waals surface area contributed by atoms with Crippen LogP contribution in [0.1, 0.15) is 38.5 Å². The van der Waals surface area contributed by atoms with E-state index in [9.17, 15) is 18.3 Å². The van der Waals surface area contributed by atoms with Gasteiger partial charge in [0.25, 0.3) is 0 Å². The summed E-state index contributed by atoms with van der Waals surface area (Å²) >= 11 is 17.7. The van der Waals surface area contributed by atoms with Crippen molar-refractivity contribution in [1.29, 1.82) is 0 Å². The summed E-state index contributed by atoms with van der Waals surface area (Å²) in [4.78, 5) is 0. The van der Waals surface area contributed by atoms with Gasteiger partial charge in [0.2, 0.25) is 0 Å². The second-order valence-corrected chi connectivity index (χ2v) is 12.6. The number of alkyl halides is 5. The van der Waals surface area contributed by atoms with Gasteiger partial charge in [0, 0.05) is 11.3 Å². The van der Waals surface area contributed by atoms with Crippen molar-refractivity contribution in [3.63, 3.8) is 0 Å². The van der Waals surface area contributed by atoms with Crippen molar-refractivity contribution in [2.75, 3.05) is 0 Å². The van der Waals surface area contributed by atoms with E-state index in [0.29, 0.717) is 17.6 Å². The molecule has 25 heavy (non-hydrogen) atoms. The lowest BCUT2D eigenvalue weighted by Gasteiger charge is -2.35. The van der Waals surface area contributed by atoms with Gasteiger partial charge in [-0.15, -0.1) is 46.7 Å². The molecule has 0 radical (unpaired) electrons. The van der Waals surface area contributed by atoms with Gasteiger partial charge in [-0.3, -0.25) is 4.72 Å². The zero-order chi connectivity index (χ0) is 18.2. The summed E-state index contributed by atoms with van der Waals surface area (Å²) in [6.07, 6.45) is -2.02. The average molecular weight is 456 g/mol. The molecular formula is C15H22Cl2F3NOS3. The lowest BCUT2D eigenvalue weighted by Crippen LogP contribution is -2.44. The minimum absolute atomic E-state index is 0.0192. The lowest BCUT2D eigenvalue weighted by atomic mass is 9.83. The summed E-state index contributed by atoms with van der Waals surface area (Å²) in [5, 5.41) is 10.4. The topological polar surface area (TPSA) is 32.3 Å². The molecule has 0 amide bonds. The first kappa shape index (κ1) is 21.1. The van der Waals surface area contributed by atoms with E-state index in [2.05, 4.69) is 4.72 Å². The van der Waals surface area contributed by atoms with Crippen LogP contribution in [0.5, 0.6) is 0 Å². The third-order valence-corrected chi connectivity index (χ3v) is 10.4. The predicted octanol–water partition coefficient (Wildman–Crippen LogP) is 5.42. The zero-order valence-electron chi connectivity index (χ0n) is 13.4. The van der Waals surface area contributed by atoms with Crippen LogP contribution in [-0.2, 0) is 0 Å². The van der Waals surface area contributed by atoms with Crippen molar-refractivity contribution in [2.45, 2.75) is 76.1 Å². The van der Waals surface area contributed by atoms with Gasteiger partial charge in [-0.1, -0.05) is 11.9 Å². The Morgan fingerprint density at radius 3 is 2.36 bits per heavy atom. The second-order valence-electron chi connectivity index (χ2n) is 6.94. The molecule has 0 aromatic carbocycles. The number of thioether (sulfide) groups is 2. The molecule has 146 valence electrons. The molecule has 1 aliphatic carbocycles. The highest BCUT2D eigenvalue weighted by atomic mass is 35.5. The van der Waals surface area contributed by atoms with Gasteiger partial charge in [-0.2, -0.15) is 13.2 Å². The monoisotopic (exact) mass is 455 g/mol. The van der Waals surface area contributed by atoms with Crippen molar-refractivity contribution in [2.24, 2.45) is 11.8 Å². The first-order chi connectivity index (χ1) is 11.7. The van der Waals surface area contributed by atoms with Gasteiger partial charge in [0.05, 0.1) is 26.0 Å². The van der Waals surface area contributed by atoms with Crippen LogP contribution in [0.4, 0.5) is 13.2 Å². The van der Waals surface area contributed by atoms with Crippen molar-refractivity contribution in [3.8, 4) is 0 Å². The highest BCUT2D eigenvalue weighted by Crippen LogP contribution is 2.53. The third-order valence-electron chi connectivity index (χ3n) is 5.15. The second kappa shape index (κ2) is 8.78. The van der Waals surface area contributed by atoms with E-state index in [-0.39, 0.29) is 32.9 Å². The van der Waals surface area contributed by atoms with Crippen LogP contribution in [0.2, 0.25) is 0 Å². The highest BCUT2D eigenvalue weighted by molar-refractivity contribution is 8.17. The number of rotatable bonds is 4. The first-order valence-electron chi connectivity index (χ1n) is 8.49. The van der Waals surface area contributed by atoms with E-state index in [0.717, 1.165) is 19.3 Å². The molecule has 3 fully saturated rings. The minimum Gasteiger partial charge on any atom is -0.392 e. The molecule has 0 spiro atoms. The van der Waals surface area contributed by atoms with Crippen LogP contribution >= 0.6 is 58.7 Å². The average Bonchev–Trinajstić information content (AvgIpc) is 3.09. The normalized spacial score (nSPS) is 45.8. The van der Waals surface area contributed by atoms with Crippen LogP contribution in [0.3, 0.4) is 0 Å². The summed E-state index contributed by atoms with van der Waals surface area (Å²) in [6, 6.07) is -0.0915. The number of aliphatic hydroxyl groups excluding tert-OH is 1. The molecule has 2 N–H and O–H groups in total. The van der Waals surface area contributed by atoms with Crippen LogP contribution in [0.15, 0.2) is 0 Å². The quantitative estimate of drug-likeness (QED) is 0.436. The van der Waals surface area contributed by atoms with Gasteiger partial charge < -0.3 is 5.11 Å². The van der Waals surface area contributed by atoms with Gasteiger partial charge in [-0.05, 0) is 44.4 Å². The van der Waals surface area contributed by atoms with Crippen LogP contribution < -0.4 is 4.72 Å². The Morgan fingerprint density at radius 1 is 1.00 bits per heavy atom. The maximum atomic E-state index is 12.8. The highest BCUT2D eigenvalue weighted by Gasteiger charge is 2.47. The SMILES string of the molecule is OC1CC(NSC2SC(Cl)CC2C2CCC(Cl)S2)CCC1C(F)(F)F. The number of aliphatic hydroxyl groups is 1. The van der Waals surface area contributed by atoms with Crippen LogP contribution in [0.25, 0.3) is 0 Å². The van der Waals surface area contributed by atoms with E-state index < -0.39 is 18.2 Å². The lowest BCUT2D eigenvalue weighted by molar-refractivity contribution is -0.208. The standard InChI is InChI=1S/C15H22Cl2F3NOS3/c16-12-4-3-11(23-12)8-6-13(17)24-14(8)25-21-7-1-2-9(10(22)5-7)15(18,19)20/h7-14,21-22H,1-6H2. The van der Waals surface area contributed by atoms with E-state index in [1.54, 1.807) is 23.7 Å². The van der Waals surface area contributed by atoms with Gasteiger partial charge >= 0.3 is 6.18 Å². The van der Waals surface area contributed by atoms with Crippen molar-refractivity contribution < 1.29 is 18.3 Å². The number of hydrogen-bond donors (Lipinski definition) is 2. The zero-order valence-corrected chi connectivity index (χ0v) is 17.4. The molecule has 8 atom stereocenters. The van der Waals surface area contributed by atoms with Gasteiger partial charge in [0.1, 0.15) is 0 Å². The molecule has 1 saturated carbocycles. The third kappa shape index (κ3) is 5.45. The summed E-state index contributed by atoms with van der Waals surface area (Å²) in [5.74, 6) is -1.14. The van der Waals surface area contributed by atoms with Crippen molar-refractivity contribution >= 4 is 58.7 Å². The molecule has 2 aliphatic heterocycles. The molecule has 0 aromatic heterocycles. The number of hydrogen-bond acceptors (Lipinski definition) is 5. The van der Waals surface area contributed by atoms with E-state index in [4.69, 9.17) is 23.2 Å². The molecule has 2 heterocycles. The van der Waals surface area contributed by atoms with Gasteiger partial charge in [-0.25, -0.2) is 0 Å². The van der Waals surface area contributed by atoms with Gasteiger partial charge in [0.15, 0.2) is 0 Å². The maximum absolute atomic E-state index is 12.8. The fraction of sp³-hybridized carbons (Fsp3) is 1.00. The van der Waals surface area contributed by atoms with Crippen LogP contribution in [-0.4, -0.2) is 42.7 Å². The maximum Gasteiger partial charge on any atom is 0.394 e. The van der Waals surface area contributed by atoms with E-state index in [1.165, 1.54) is 0 Å². The minimum atomic E-state index is -4.31. The Balaban J connectivity index is 1.49. The summed E-state index contributed by atoms with van der Waals surface area (Å²) in [7, 11) is 0. The fourth-order valence-corrected chi connectivity index (χ4v) is 9.57. The Hall–Kier alpha value is 1.34. The Labute approximate surface area is 169 Å². The molecule has 8 unspecified atom stereocenters. The Bertz CT molecular complexity index is 462. The Kier molecular flexibility index (Phi) is 7.40. The largest absolute Gasteiger partial charge is 0.394 e. The fourth-order valence-electron chi connectivity index (χ4n) is 3.80. The molecule has 2 nitrogen and oxygen atoms in total. The smallest absolute Gasteiger partial charge is 0.392 e. The number of nitrogens with one attached hydrogen (secondary N) is 1. The Morgan fingerprint density at radius 2 is 1.76 bits per heavy atom. The molecule has 3 rings (SSSR count). The van der Waals surface area contributed by atoms with E-state index >= 15 is 0 Å². The first-order valence-corrected chi connectivity index (χ1v) is 12.1. The predicted molar refractivity (Wildman–Crippen MR) is 103 cm³/mol. The van der Waals surface area contributed by atoms with E-state index in [1.807, 2.05) is 11.8 Å². The van der Waals surface area contributed by atoms with Crippen LogP contribution in [0, 0.1) is 11.8 Å². The molecule has 0 aromatic rings. The molecule has 0 bridgehead atoms. The summed E-state index contributed by atoms with van der Waals surface area (Å²) in [5.41, 5.74) is 0. The van der Waals surface area contributed by atoms with Crippen molar-refractivity contribution in [1.82, 2.24) is 4.72 Å². The van der Waals surface area contributed by atoms with Crippen molar-refractivity contribution in [3.05, 3.63) is 0 Å². The molecule has 2 saturated heterocycles. The molecular weight excluding hydrogens is 434 g/mol.